The molecule has 1 amide bonds. The van der Waals surface area contributed by atoms with Crippen molar-refractivity contribution in [1.82, 2.24) is 9.38 Å². The molecule has 0 atom stereocenters. The molecule has 8 heteroatoms. The summed E-state index contributed by atoms with van der Waals surface area (Å²) < 4.78 is 7.38. The summed E-state index contributed by atoms with van der Waals surface area (Å²) in [5, 5.41) is 5.14. The van der Waals surface area contributed by atoms with E-state index in [2.05, 4.69) is 10.3 Å². The van der Waals surface area contributed by atoms with Crippen molar-refractivity contribution in [1.29, 1.82) is 0 Å². The number of fused-ring (bicyclic) bond motifs is 1. The van der Waals surface area contributed by atoms with Crippen LogP contribution in [0.4, 0.5) is 5.69 Å². The van der Waals surface area contributed by atoms with Crippen molar-refractivity contribution in [3.05, 3.63) is 92.3 Å². The summed E-state index contributed by atoms with van der Waals surface area (Å²) in [6, 6.07) is 13.6. The van der Waals surface area contributed by atoms with Crippen molar-refractivity contribution in [2.24, 2.45) is 0 Å². The number of rotatable bonds is 5. The number of nitrogens with zero attached hydrogens (tertiary/aromatic N) is 2. The van der Waals surface area contributed by atoms with Gasteiger partial charge in [-0.1, -0.05) is 23.7 Å². The zero-order valence-corrected chi connectivity index (χ0v) is 17.0. The summed E-state index contributed by atoms with van der Waals surface area (Å²) >= 11 is 7.35. The van der Waals surface area contributed by atoms with Crippen LogP contribution in [0.15, 0.2) is 64.9 Å². The minimum Gasteiger partial charge on any atom is -0.485 e. The highest BCUT2D eigenvalue weighted by Crippen LogP contribution is 2.27. The third-order valence-electron chi connectivity index (χ3n) is 4.20. The van der Waals surface area contributed by atoms with Crippen LogP contribution in [0.1, 0.15) is 21.6 Å². The van der Waals surface area contributed by atoms with Gasteiger partial charge in [-0.3, -0.25) is 14.0 Å². The maximum Gasteiger partial charge on any atom is 0.258 e. The molecule has 4 rings (SSSR count). The number of aryl methyl sites for hydroxylation is 1. The first-order chi connectivity index (χ1) is 14.0. The summed E-state index contributed by atoms with van der Waals surface area (Å²) in [6.45, 7) is 2.03. The Kier molecular flexibility index (Phi) is 5.33. The number of aromatic nitrogens is 2. The average molecular weight is 426 g/mol. The smallest absolute Gasteiger partial charge is 0.258 e. The molecular weight excluding hydrogens is 410 g/mol. The van der Waals surface area contributed by atoms with Gasteiger partial charge in [0.15, 0.2) is 4.96 Å². The van der Waals surface area contributed by atoms with Crippen LogP contribution in [0.25, 0.3) is 4.96 Å². The van der Waals surface area contributed by atoms with Crippen LogP contribution >= 0.6 is 22.9 Å². The minimum atomic E-state index is -0.294. The summed E-state index contributed by atoms with van der Waals surface area (Å²) in [4.78, 5) is 29.7. The Morgan fingerprint density at radius 3 is 2.93 bits per heavy atom. The second-order valence-corrected chi connectivity index (χ2v) is 7.70. The van der Waals surface area contributed by atoms with E-state index in [0.29, 0.717) is 32.7 Å². The van der Waals surface area contributed by atoms with Gasteiger partial charge in [0.2, 0.25) is 0 Å². The molecule has 0 spiro atoms. The van der Waals surface area contributed by atoms with Crippen LogP contribution in [0, 0.1) is 6.92 Å². The van der Waals surface area contributed by atoms with Gasteiger partial charge in [-0.05, 0) is 42.8 Å². The minimum absolute atomic E-state index is 0.104. The van der Waals surface area contributed by atoms with E-state index in [1.807, 2.05) is 19.1 Å². The lowest BCUT2D eigenvalue weighted by molar-refractivity contribution is 0.102. The van der Waals surface area contributed by atoms with E-state index >= 15 is 0 Å². The molecule has 29 heavy (non-hydrogen) atoms. The number of halogens is 1. The van der Waals surface area contributed by atoms with Crippen molar-refractivity contribution >= 4 is 39.5 Å². The Bertz CT molecular complexity index is 1270. The number of amides is 1. The van der Waals surface area contributed by atoms with E-state index in [4.69, 9.17) is 16.3 Å². The number of anilines is 1. The standard InChI is InChI=1S/C21H16ClN3O3S/c1-13-5-6-17(24-20(27)14-3-2-4-15(22)10-14)18(9-13)28-12-16-11-19(26)25-7-8-29-21(25)23-16/h2-11H,12H2,1H3,(H,24,27). The zero-order chi connectivity index (χ0) is 20.4. The molecule has 0 saturated carbocycles. The molecule has 2 aromatic carbocycles. The van der Waals surface area contributed by atoms with Gasteiger partial charge in [-0.2, -0.15) is 0 Å². The molecule has 0 unspecified atom stereocenters. The van der Waals surface area contributed by atoms with E-state index in [9.17, 15) is 9.59 Å². The van der Waals surface area contributed by atoms with Gasteiger partial charge in [0, 0.05) is 28.2 Å². The predicted octanol–water partition coefficient (Wildman–Crippen LogP) is 4.55. The Balaban J connectivity index is 1.56. The summed E-state index contributed by atoms with van der Waals surface area (Å²) in [5.74, 6) is 0.200. The second-order valence-electron chi connectivity index (χ2n) is 6.39. The topological polar surface area (TPSA) is 72.7 Å². The van der Waals surface area contributed by atoms with Crippen molar-refractivity contribution in [2.75, 3.05) is 5.32 Å². The highest BCUT2D eigenvalue weighted by molar-refractivity contribution is 7.15. The number of hydrogen-bond donors (Lipinski definition) is 1. The third-order valence-corrected chi connectivity index (χ3v) is 5.20. The number of nitrogens with one attached hydrogen (secondary N) is 1. The van der Waals surface area contributed by atoms with Crippen molar-refractivity contribution in [3.8, 4) is 5.75 Å². The molecule has 6 nitrogen and oxygen atoms in total. The normalized spacial score (nSPS) is 10.8. The number of thiazole rings is 1. The van der Waals surface area contributed by atoms with E-state index in [0.717, 1.165) is 5.56 Å². The molecule has 146 valence electrons. The Morgan fingerprint density at radius 2 is 2.10 bits per heavy atom. The SMILES string of the molecule is Cc1ccc(NC(=O)c2cccc(Cl)c2)c(OCc2cc(=O)n3ccsc3n2)c1. The van der Waals surface area contributed by atoms with E-state index in [-0.39, 0.29) is 18.1 Å². The Hall–Kier alpha value is -3.16. The summed E-state index contributed by atoms with van der Waals surface area (Å²) in [6.07, 6.45) is 1.68. The zero-order valence-electron chi connectivity index (χ0n) is 15.4. The van der Waals surface area contributed by atoms with Crippen LogP contribution in [0.3, 0.4) is 0 Å². The van der Waals surface area contributed by atoms with E-state index in [1.165, 1.54) is 21.8 Å². The van der Waals surface area contributed by atoms with Gasteiger partial charge in [0.05, 0.1) is 11.4 Å². The van der Waals surface area contributed by atoms with Gasteiger partial charge in [0.25, 0.3) is 11.5 Å². The number of carbonyl (C=O) groups excluding carboxylic acids is 1. The molecule has 0 aliphatic rings. The highest BCUT2D eigenvalue weighted by atomic mass is 35.5. The van der Waals surface area contributed by atoms with Crippen LogP contribution in [-0.2, 0) is 6.61 Å². The molecule has 0 radical (unpaired) electrons. The molecule has 1 N–H and O–H groups in total. The lowest BCUT2D eigenvalue weighted by Crippen LogP contribution is -2.15. The highest BCUT2D eigenvalue weighted by Gasteiger charge is 2.12. The molecular formula is C21H16ClN3O3S. The van der Waals surface area contributed by atoms with Crippen LogP contribution in [0.5, 0.6) is 5.75 Å². The quantitative estimate of drug-likeness (QED) is 0.509. The van der Waals surface area contributed by atoms with Crippen LogP contribution in [-0.4, -0.2) is 15.3 Å². The summed E-state index contributed by atoms with van der Waals surface area (Å²) in [7, 11) is 0. The molecule has 0 fully saturated rings. The van der Waals surface area contributed by atoms with Gasteiger partial charge in [-0.25, -0.2) is 4.98 Å². The van der Waals surface area contributed by atoms with E-state index in [1.54, 1.807) is 41.9 Å². The molecule has 0 aliphatic heterocycles. The predicted molar refractivity (Wildman–Crippen MR) is 114 cm³/mol. The molecule has 2 heterocycles. The fourth-order valence-electron chi connectivity index (χ4n) is 2.79. The number of hydrogen-bond acceptors (Lipinski definition) is 5. The second kappa shape index (κ2) is 8.06. The van der Waals surface area contributed by atoms with E-state index < -0.39 is 0 Å². The fourth-order valence-corrected chi connectivity index (χ4v) is 3.72. The number of carbonyl (C=O) groups is 1. The first-order valence-electron chi connectivity index (χ1n) is 8.76. The first-order valence-corrected chi connectivity index (χ1v) is 10.0. The Morgan fingerprint density at radius 1 is 1.24 bits per heavy atom. The fraction of sp³-hybridized carbons (Fsp3) is 0.0952. The lowest BCUT2D eigenvalue weighted by atomic mass is 10.1. The molecule has 0 aliphatic carbocycles. The Labute approximate surface area is 175 Å². The molecule has 0 bridgehead atoms. The third kappa shape index (κ3) is 4.31. The maximum atomic E-state index is 12.6. The largest absolute Gasteiger partial charge is 0.485 e. The average Bonchev–Trinajstić information content (AvgIpc) is 3.17. The van der Waals surface area contributed by atoms with Gasteiger partial charge in [-0.15, -0.1) is 11.3 Å². The lowest BCUT2D eigenvalue weighted by Gasteiger charge is -2.13. The van der Waals surface area contributed by atoms with Crippen molar-refractivity contribution < 1.29 is 9.53 Å². The van der Waals surface area contributed by atoms with Gasteiger partial charge < -0.3 is 10.1 Å². The van der Waals surface area contributed by atoms with Gasteiger partial charge >= 0.3 is 0 Å². The van der Waals surface area contributed by atoms with Crippen molar-refractivity contribution in [2.45, 2.75) is 13.5 Å². The summed E-state index contributed by atoms with van der Waals surface area (Å²) in [5.41, 5.74) is 2.30. The van der Waals surface area contributed by atoms with Crippen LogP contribution < -0.4 is 15.6 Å². The van der Waals surface area contributed by atoms with Gasteiger partial charge in [0.1, 0.15) is 12.4 Å². The maximum absolute atomic E-state index is 12.6. The first kappa shape index (κ1) is 19.2. The van der Waals surface area contributed by atoms with Crippen molar-refractivity contribution in [3.63, 3.8) is 0 Å². The molecule has 0 saturated heterocycles. The monoisotopic (exact) mass is 425 g/mol. The van der Waals surface area contributed by atoms with Crippen LogP contribution in [0.2, 0.25) is 5.02 Å². The number of benzene rings is 2. The molecule has 2 aromatic heterocycles. The number of ether oxygens (including phenoxy) is 1. The molecule has 4 aromatic rings.